The van der Waals surface area contributed by atoms with E-state index in [0.717, 1.165) is 94.4 Å². The maximum Gasteiger partial charge on any atom is 0.277 e. The molecule has 2 aliphatic heterocycles. The molecule has 7 nitrogen and oxygen atoms in total. The van der Waals surface area contributed by atoms with E-state index in [9.17, 15) is 9.18 Å². The lowest BCUT2D eigenvalue weighted by Crippen LogP contribution is -2.53. The zero-order valence-corrected chi connectivity index (χ0v) is 30.1. The molecule has 0 spiro atoms. The molecule has 2 aliphatic rings. The van der Waals surface area contributed by atoms with Gasteiger partial charge in [0.2, 0.25) is 0 Å². The second-order valence-electron chi connectivity index (χ2n) is 11.5. The number of piperazine rings is 2. The van der Waals surface area contributed by atoms with E-state index >= 15 is 0 Å². The summed E-state index contributed by atoms with van der Waals surface area (Å²) in [5.41, 5.74) is 8.67. The maximum atomic E-state index is 13.7. The summed E-state index contributed by atoms with van der Waals surface area (Å²) in [6.07, 6.45) is 1.89. The Bertz CT molecular complexity index is 1270. The fraction of sp³-hybridized carbons (Fsp3) is 0.500. The van der Waals surface area contributed by atoms with Crippen LogP contribution in [0.1, 0.15) is 46.6 Å². The van der Waals surface area contributed by atoms with Gasteiger partial charge in [0.15, 0.2) is 5.01 Å². The molecule has 1 amide bonds. The molecule has 2 N–H and O–H groups in total. The fourth-order valence-corrected chi connectivity index (χ4v) is 7.01. The number of aryl methyl sites for hydroxylation is 1. The molecule has 2 fully saturated rings. The van der Waals surface area contributed by atoms with Gasteiger partial charge >= 0.3 is 0 Å². The minimum absolute atomic E-state index is 0. The first-order valence-electron chi connectivity index (χ1n) is 14.9. The number of nitrogens with two attached hydrogens (primary N) is 1. The lowest BCUT2D eigenvalue weighted by Gasteiger charge is -2.43. The van der Waals surface area contributed by atoms with Gasteiger partial charge in [-0.25, -0.2) is 9.37 Å². The van der Waals surface area contributed by atoms with Crippen molar-refractivity contribution in [1.82, 2.24) is 24.6 Å². The second-order valence-corrected chi connectivity index (χ2v) is 12.6. The zero-order chi connectivity index (χ0) is 28.8. The molecule has 0 radical (unpaired) electrons. The molecule has 1 unspecified atom stereocenters. The summed E-state index contributed by atoms with van der Waals surface area (Å²) in [6, 6.07) is 18.0. The third-order valence-electron chi connectivity index (χ3n) is 8.50. The highest BCUT2D eigenvalue weighted by Gasteiger charge is 2.29. The number of aromatic nitrogens is 1. The number of hydrogen-bond donors (Lipinski definition) is 1. The van der Waals surface area contributed by atoms with Crippen LogP contribution in [0.3, 0.4) is 0 Å². The number of carbonyl (C=O) groups is 1. The molecule has 1 aromatic heterocycles. The normalized spacial score (nSPS) is 17.0. The van der Waals surface area contributed by atoms with Gasteiger partial charge in [-0.05, 0) is 50.9 Å². The Morgan fingerprint density at radius 1 is 0.844 bits per heavy atom. The first-order valence-corrected chi connectivity index (χ1v) is 15.7. The SMILES string of the molecule is CC(C)N1CCN(C(CN2CCN(CCCc3sc(C(N)=O)nc3-c3ccccc3)CC2)c2ccc(F)cc2)CC1.Cl.Cl.Cl.Cl. The minimum Gasteiger partial charge on any atom is -0.364 e. The molecule has 13 heteroatoms. The quantitative estimate of drug-likeness (QED) is 0.260. The van der Waals surface area contributed by atoms with Crippen molar-refractivity contribution in [3.8, 4) is 11.3 Å². The van der Waals surface area contributed by atoms with Gasteiger partial charge in [0.05, 0.1) is 5.69 Å². The Labute approximate surface area is 296 Å². The number of carbonyl (C=O) groups excluding carboxylic acids is 1. The topological polar surface area (TPSA) is 68.9 Å². The Morgan fingerprint density at radius 2 is 1.42 bits per heavy atom. The summed E-state index contributed by atoms with van der Waals surface area (Å²) >= 11 is 1.43. The van der Waals surface area contributed by atoms with Crippen molar-refractivity contribution >= 4 is 66.9 Å². The molecular formula is C32H47Cl4FN6OS. The van der Waals surface area contributed by atoms with Crippen molar-refractivity contribution in [3.05, 3.63) is 75.9 Å². The average Bonchev–Trinajstić information content (AvgIpc) is 3.42. The van der Waals surface area contributed by atoms with E-state index in [2.05, 4.69) is 38.4 Å². The van der Waals surface area contributed by atoms with Crippen LogP contribution in [0, 0.1) is 5.82 Å². The van der Waals surface area contributed by atoms with Crippen LogP contribution in [0.15, 0.2) is 54.6 Å². The number of halogens is 5. The predicted molar refractivity (Wildman–Crippen MR) is 194 cm³/mol. The van der Waals surface area contributed by atoms with E-state index in [-0.39, 0.29) is 61.5 Å². The van der Waals surface area contributed by atoms with Crippen LogP contribution >= 0.6 is 61.0 Å². The molecule has 0 aliphatic carbocycles. The van der Waals surface area contributed by atoms with Crippen molar-refractivity contribution in [2.24, 2.45) is 5.73 Å². The van der Waals surface area contributed by atoms with Gasteiger partial charge in [0.25, 0.3) is 5.91 Å². The molecule has 0 saturated carbocycles. The van der Waals surface area contributed by atoms with E-state index in [1.807, 2.05) is 42.5 Å². The predicted octanol–water partition coefficient (Wildman–Crippen LogP) is 6.05. The van der Waals surface area contributed by atoms with Crippen LogP contribution in [0.4, 0.5) is 4.39 Å². The Balaban J connectivity index is 0.00000253. The number of rotatable bonds is 11. The molecule has 252 valence electrons. The van der Waals surface area contributed by atoms with Gasteiger partial charge < -0.3 is 10.6 Å². The Morgan fingerprint density at radius 3 is 2.00 bits per heavy atom. The van der Waals surface area contributed by atoms with Crippen molar-refractivity contribution in [2.45, 2.75) is 38.8 Å². The second kappa shape index (κ2) is 20.0. The fourth-order valence-electron chi connectivity index (χ4n) is 6.03. The third kappa shape index (κ3) is 11.3. The summed E-state index contributed by atoms with van der Waals surface area (Å²) < 4.78 is 13.7. The van der Waals surface area contributed by atoms with Crippen molar-refractivity contribution < 1.29 is 9.18 Å². The van der Waals surface area contributed by atoms with Crippen LogP contribution in [0.5, 0.6) is 0 Å². The van der Waals surface area contributed by atoms with Crippen LogP contribution in [0.25, 0.3) is 11.3 Å². The van der Waals surface area contributed by atoms with Crippen molar-refractivity contribution in [3.63, 3.8) is 0 Å². The van der Waals surface area contributed by atoms with Crippen molar-refractivity contribution in [2.75, 3.05) is 65.4 Å². The summed E-state index contributed by atoms with van der Waals surface area (Å²) in [4.78, 5) is 27.8. The highest BCUT2D eigenvalue weighted by molar-refractivity contribution is 7.14. The van der Waals surface area contributed by atoms with Gasteiger partial charge in [0.1, 0.15) is 5.82 Å². The van der Waals surface area contributed by atoms with Gasteiger partial charge in [-0.15, -0.1) is 61.0 Å². The number of amides is 1. The van der Waals surface area contributed by atoms with Gasteiger partial charge in [-0.1, -0.05) is 42.5 Å². The molecular weight excluding hydrogens is 677 g/mol. The van der Waals surface area contributed by atoms with Gasteiger partial charge in [-0.3, -0.25) is 19.5 Å². The maximum absolute atomic E-state index is 13.7. The largest absolute Gasteiger partial charge is 0.364 e. The lowest BCUT2D eigenvalue weighted by molar-refractivity contribution is 0.0481. The van der Waals surface area contributed by atoms with Crippen LogP contribution in [-0.4, -0.2) is 102 Å². The van der Waals surface area contributed by atoms with E-state index in [1.165, 1.54) is 16.9 Å². The van der Waals surface area contributed by atoms with Crippen molar-refractivity contribution in [1.29, 1.82) is 0 Å². The highest BCUT2D eigenvalue weighted by Crippen LogP contribution is 2.30. The summed E-state index contributed by atoms with van der Waals surface area (Å²) in [6.45, 7) is 14.9. The molecule has 3 heterocycles. The average molecular weight is 725 g/mol. The minimum atomic E-state index is -0.463. The molecule has 45 heavy (non-hydrogen) atoms. The van der Waals surface area contributed by atoms with E-state index in [1.54, 1.807) is 12.1 Å². The van der Waals surface area contributed by atoms with Crippen LogP contribution in [-0.2, 0) is 6.42 Å². The first kappa shape index (κ1) is 41.5. The summed E-state index contributed by atoms with van der Waals surface area (Å²) in [7, 11) is 0. The zero-order valence-electron chi connectivity index (χ0n) is 26.0. The lowest BCUT2D eigenvalue weighted by atomic mass is 10.0. The monoisotopic (exact) mass is 722 g/mol. The van der Waals surface area contributed by atoms with Gasteiger partial charge in [0, 0.05) is 81.4 Å². The van der Waals surface area contributed by atoms with E-state index in [4.69, 9.17) is 5.73 Å². The van der Waals surface area contributed by atoms with E-state index in [0.29, 0.717) is 11.0 Å². The number of primary amides is 1. The smallest absolute Gasteiger partial charge is 0.277 e. The molecule has 2 aromatic carbocycles. The molecule has 5 rings (SSSR count). The summed E-state index contributed by atoms with van der Waals surface area (Å²) in [5.74, 6) is -0.638. The first-order chi connectivity index (χ1) is 19.9. The number of nitrogens with zero attached hydrogens (tertiary/aromatic N) is 5. The van der Waals surface area contributed by atoms with Gasteiger partial charge in [-0.2, -0.15) is 0 Å². The standard InChI is InChI=1S/C32H43FN6OS.4ClH/c1-24(2)38-19-21-39(22-20-38)28(25-10-12-27(33)13-11-25)23-37-17-15-36(16-18-37)14-6-9-29-30(26-7-4-3-5-8-26)35-32(41-29)31(34)40;;;;/h3-5,7-8,10-13,24,28H,6,9,14-23H2,1-2H3,(H2,34,40);4*1H. The highest BCUT2D eigenvalue weighted by atomic mass is 35.5. The van der Waals surface area contributed by atoms with Crippen LogP contribution < -0.4 is 5.73 Å². The number of thiazole rings is 1. The molecule has 1 atom stereocenters. The Kier molecular flexibility index (Phi) is 18.4. The number of hydrogen-bond acceptors (Lipinski definition) is 7. The molecule has 0 bridgehead atoms. The molecule has 2 saturated heterocycles. The molecule has 3 aromatic rings. The summed E-state index contributed by atoms with van der Waals surface area (Å²) in [5, 5.41) is 0.383. The Hall–Kier alpha value is -1.53. The third-order valence-corrected chi connectivity index (χ3v) is 9.63. The van der Waals surface area contributed by atoms with E-state index < -0.39 is 5.91 Å². The number of benzene rings is 2. The van der Waals surface area contributed by atoms with Crippen LogP contribution in [0.2, 0.25) is 0 Å².